The van der Waals surface area contributed by atoms with Crippen LogP contribution in [0.15, 0.2) is 30.0 Å². The Bertz CT molecular complexity index is 482. The molecule has 1 aromatic rings. The molecule has 0 N–H and O–H groups in total. The van der Waals surface area contributed by atoms with Crippen molar-refractivity contribution >= 4 is 5.57 Å². The van der Waals surface area contributed by atoms with E-state index in [0.717, 1.165) is 30.4 Å². The topological polar surface area (TPSA) is 28.1 Å². The van der Waals surface area contributed by atoms with Gasteiger partial charge in [-0.05, 0) is 36.0 Å². The largest absolute Gasteiger partial charge is 0.265 e. The van der Waals surface area contributed by atoms with Crippen LogP contribution in [-0.4, -0.2) is 0 Å². The molecule has 0 fully saturated rings. The molecule has 0 atom stereocenters. The number of nitriles is 1. The molecule has 0 aromatic heterocycles. The second kappa shape index (κ2) is 3.98. The molecule has 2 heteroatoms. The first-order valence-corrected chi connectivity index (χ1v) is 4.96. The lowest BCUT2D eigenvalue weighted by Gasteiger charge is -2.18. The van der Waals surface area contributed by atoms with Crippen molar-refractivity contribution in [3.63, 3.8) is 0 Å². The first-order chi connectivity index (χ1) is 7.36. The van der Waals surface area contributed by atoms with Gasteiger partial charge in [-0.1, -0.05) is 24.3 Å². The lowest BCUT2D eigenvalue weighted by molar-refractivity contribution is 0.820. The quantitative estimate of drug-likeness (QED) is 0.460. The van der Waals surface area contributed by atoms with Crippen LogP contribution >= 0.6 is 0 Å². The smallest absolute Gasteiger partial charge is 0.226 e. The highest BCUT2D eigenvalue weighted by molar-refractivity contribution is 5.76. The van der Waals surface area contributed by atoms with Crippen molar-refractivity contribution in [1.29, 1.82) is 5.26 Å². The van der Waals surface area contributed by atoms with Gasteiger partial charge in [0, 0.05) is 0 Å². The van der Waals surface area contributed by atoms with Crippen molar-refractivity contribution < 1.29 is 0 Å². The molecule has 1 aliphatic carbocycles. The molecule has 15 heavy (non-hydrogen) atoms. The van der Waals surface area contributed by atoms with E-state index < -0.39 is 0 Å². The number of fused-ring (bicyclic) bond motifs is 1. The number of nitrogens with zero attached hydrogens (tertiary/aromatic N) is 2. The van der Waals surface area contributed by atoms with E-state index in [9.17, 15) is 0 Å². The van der Waals surface area contributed by atoms with Gasteiger partial charge in [0.05, 0.1) is 12.6 Å². The number of rotatable bonds is 0. The van der Waals surface area contributed by atoms with Crippen LogP contribution in [0.3, 0.4) is 0 Å². The summed E-state index contributed by atoms with van der Waals surface area (Å²) in [6, 6.07) is 10.0. The van der Waals surface area contributed by atoms with Crippen LogP contribution in [0.1, 0.15) is 24.0 Å². The average Bonchev–Trinajstić information content (AvgIpc) is 2.31. The van der Waals surface area contributed by atoms with Gasteiger partial charge < -0.3 is 0 Å². The minimum atomic E-state index is 0.252. The van der Waals surface area contributed by atoms with Crippen LogP contribution < -0.4 is 0 Å². The van der Waals surface area contributed by atoms with Gasteiger partial charge in [-0.25, -0.2) is 10.1 Å². The third kappa shape index (κ3) is 1.63. The van der Waals surface area contributed by atoms with Crippen molar-refractivity contribution in [2.45, 2.75) is 19.3 Å². The third-order valence-corrected chi connectivity index (χ3v) is 2.72. The molecule has 0 bridgehead atoms. The molecule has 1 aromatic carbocycles. The van der Waals surface area contributed by atoms with Crippen LogP contribution in [-0.2, 0) is 6.42 Å². The van der Waals surface area contributed by atoms with Gasteiger partial charge in [0.2, 0.25) is 0 Å². The molecule has 0 aliphatic heterocycles. The zero-order valence-electron chi connectivity index (χ0n) is 8.33. The van der Waals surface area contributed by atoms with Gasteiger partial charge in [0.25, 0.3) is 5.70 Å². The molecule has 0 spiro atoms. The van der Waals surface area contributed by atoms with E-state index in [0.29, 0.717) is 0 Å². The minimum Gasteiger partial charge on any atom is -0.226 e. The highest BCUT2D eigenvalue weighted by Gasteiger charge is 2.16. The number of benzene rings is 1. The zero-order valence-corrected chi connectivity index (χ0v) is 8.33. The SMILES string of the molecule is [C-]#[N+]/C(C#N)=C1/CCCc2ccccc21. The maximum absolute atomic E-state index is 8.88. The predicted molar refractivity (Wildman–Crippen MR) is 58.5 cm³/mol. The van der Waals surface area contributed by atoms with Crippen molar-refractivity contribution in [2.75, 3.05) is 0 Å². The van der Waals surface area contributed by atoms with Crippen molar-refractivity contribution in [2.24, 2.45) is 0 Å². The molecule has 0 radical (unpaired) electrons. The summed E-state index contributed by atoms with van der Waals surface area (Å²) in [7, 11) is 0. The molecule has 72 valence electrons. The molecule has 1 aliphatic rings. The molecule has 0 saturated carbocycles. The standard InChI is InChI=1S/C13H10N2/c1-15-13(9-14)12-8-4-6-10-5-2-3-7-11(10)12/h2-3,5,7H,4,6,8H2/b13-12-. The monoisotopic (exact) mass is 194 g/mol. The fourth-order valence-corrected chi connectivity index (χ4v) is 2.03. The van der Waals surface area contributed by atoms with E-state index >= 15 is 0 Å². The molecule has 0 heterocycles. The molecular formula is C13H10N2. The molecule has 0 saturated heterocycles. The first-order valence-electron chi connectivity index (χ1n) is 4.96. The fraction of sp³-hybridized carbons (Fsp3) is 0.231. The van der Waals surface area contributed by atoms with Crippen LogP contribution in [0, 0.1) is 17.9 Å². The average molecular weight is 194 g/mol. The van der Waals surface area contributed by atoms with Gasteiger partial charge in [0.15, 0.2) is 0 Å². The lowest BCUT2D eigenvalue weighted by Crippen LogP contribution is -2.02. The van der Waals surface area contributed by atoms with E-state index in [2.05, 4.69) is 10.9 Å². The van der Waals surface area contributed by atoms with Crippen LogP contribution in [0.2, 0.25) is 0 Å². The Labute approximate surface area is 89.3 Å². The third-order valence-electron chi connectivity index (χ3n) is 2.72. The number of hydrogen-bond donors (Lipinski definition) is 0. The zero-order chi connectivity index (χ0) is 10.7. The summed E-state index contributed by atoms with van der Waals surface area (Å²) in [6.45, 7) is 6.98. The Balaban J connectivity index is 2.62. The Morgan fingerprint density at radius 2 is 2.13 bits per heavy atom. The number of allylic oxidation sites excluding steroid dienone is 2. The fourth-order valence-electron chi connectivity index (χ4n) is 2.03. The second-order valence-electron chi connectivity index (χ2n) is 3.56. The van der Waals surface area contributed by atoms with Gasteiger partial charge in [-0.3, -0.25) is 0 Å². The predicted octanol–water partition coefficient (Wildman–Crippen LogP) is 3.18. The van der Waals surface area contributed by atoms with E-state index in [1.54, 1.807) is 0 Å². The molecule has 2 nitrogen and oxygen atoms in total. The lowest BCUT2D eigenvalue weighted by atomic mass is 9.86. The normalized spacial score (nSPS) is 17.2. The molecule has 0 unspecified atom stereocenters. The summed E-state index contributed by atoms with van der Waals surface area (Å²) in [6.07, 6.45) is 2.94. The summed E-state index contributed by atoms with van der Waals surface area (Å²) in [5.74, 6) is 0. The van der Waals surface area contributed by atoms with E-state index in [1.165, 1.54) is 5.56 Å². The van der Waals surface area contributed by atoms with Gasteiger partial charge >= 0.3 is 0 Å². The minimum absolute atomic E-state index is 0.252. The van der Waals surface area contributed by atoms with Gasteiger partial charge in [0.1, 0.15) is 0 Å². The summed E-state index contributed by atoms with van der Waals surface area (Å²) in [5.41, 5.74) is 3.53. The Kier molecular flexibility index (Phi) is 2.52. The maximum Gasteiger partial charge on any atom is 0.265 e. The number of hydrogen-bond acceptors (Lipinski definition) is 1. The summed E-state index contributed by atoms with van der Waals surface area (Å²) < 4.78 is 0. The van der Waals surface area contributed by atoms with Gasteiger partial charge in [-0.15, -0.1) is 0 Å². The molecule has 0 amide bonds. The van der Waals surface area contributed by atoms with E-state index in [4.69, 9.17) is 11.8 Å². The van der Waals surface area contributed by atoms with Crippen LogP contribution in [0.25, 0.3) is 10.4 Å². The highest BCUT2D eigenvalue weighted by atomic mass is 14.7. The number of aryl methyl sites for hydroxylation is 1. The maximum atomic E-state index is 8.88. The summed E-state index contributed by atoms with van der Waals surface area (Å²) >= 11 is 0. The molecule has 2 rings (SSSR count). The Hall–Kier alpha value is -2.06. The highest BCUT2D eigenvalue weighted by Crippen LogP contribution is 2.32. The van der Waals surface area contributed by atoms with Crippen LogP contribution in [0.4, 0.5) is 0 Å². The van der Waals surface area contributed by atoms with Crippen molar-refractivity contribution in [1.82, 2.24) is 0 Å². The summed E-state index contributed by atoms with van der Waals surface area (Å²) in [4.78, 5) is 3.30. The van der Waals surface area contributed by atoms with Crippen molar-refractivity contribution in [3.8, 4) is 6.07 Å². The van der Waals surface area contributed by atoms with Crippen LogP contribution in [0.5, 0.6) is 0 Å². The summed E-state index contributed by atoms with van der Waals surface area (Å²) in [5, 5.41) is 8.88. The van der Waals surface area contributed by atoms with E-state index in [1.807, 2.05) is 24.3 Å². The Morgan fingerprint density at radius 1 is 1.33 bits per heavy atom. The van der Waals surface area contributed by atoms with E-state index in [-0.39, 0.29) is 5.70 Å². The molecular weight excluding hydrogens is 184 g/mol. The first kappa shape index (κ1) is 9.49. The van der Waals surface area contributed by atoms with Gasteiger partial charge in [-0.2, -0.15) is 0 Å². The Morgan fingerprint density at radius 3 is 2.87 bits per heavy atom. The second-order valence-corrected chi connectivity index (χ2v) is 3.56. The van der Waals surface area contributed by atoms with Crippen molar-refractivity contribution in [3.05, 3.63) is 52.5 Å².